The molecule has 4 heteroatoms. The van der Waals surface area contributed by atoms with Crippen molar-refractivity contribution in [2.75, 3.05) is 25.1 Å². The van der Waals surface area contributed by atoms with E-state index in [2.05, 4.69) is 37.9 Å². The lowest BCUT2D eigenvalue weighted by Gasteiger charge is -2.46. The molecule has 21 heavy (non-hydrogen) atoms. The zero-order chi connectivity index (χ0) is 15.6. The van der Waals surface area contributed by atoms with Gasteiger partial charge in [-0.25, -0.2) is 4.39 Å². The normalized spacial score (nSPS) is 23.2. The highest BCUT2D eigenvalue weighted by atomic mass is 19.1. The van der Waals surface area contributed by atoms with Crippen LogP contribution in [0.4, 0.5) is 10.1 Å². The van der Waals surface area contributed by atoms with E-state index in [0.29, 0.717) is 17.8 Å². The first-order chi connectivity index (χ1) is 9.86. The standard InChI is InChI=1S/C17H27FN2O/c1-6-12-10-19-16(17(2,3)4)11-20(12)13-7-8-14(18)15(9-13)21-5/h7-9,12,16,19H,6,10-11H2,1-5H3. The van der Waals surface area contributed by atoms with Crippen LogP contribution in [0.1, 0.15) is 34.1 Å². The number of hydrogen-bond acceptors (Lipinski definition) is 3. The fraction of sp³-hybridized carbons (Fsp3) is 0.647. The van der Waals surface area contributed by atoms with Gasteiger partial charge in [-0.3, -0.25) is 0 Å². The minimum atomic E-state index is -0.309. The molecule has 2 unspecified atom stereocenters. The van der Waals surface area contributed by atoms with Gasteiger partial charge in [-0.1, -0.05) is 27.7 Å². The van der Waals surface area contributed by atoms with Crippen LogP contribution in [-0.4, -0.2) is 32.3 Å². The highest BCUT2D eigenvalue weighted by molar-refractivity contribution is 5.53. The van der Waals surface area contributed by atoms with Crippen molar-refractivity contribution < 1.29 is 9.13 Å². The maximum Gasteiger partial charge on any atom is 0.165 e. The van der Waals surface area contributed by atoms with Gasteiger partial charge in [-0.05, 0) is 24.0 Å². The molecule has 118 valence electrons. The van der Waals surface area contributed by atoms with E-state index in [4.69, 9.17) is 4.74 Å². The number of rotatable bonds is 3. The van der Waals surface area contributed by atoms with Crippen LogP contribution in [0, 0.1) is 11.2 Å². The minimum Gasteiger partial charge on any atom is -0.494 e. The Morgan fingerprint density at radius 3 is 2.67 bits per heavy atom. The zero-order valence-corrected chi connectivity index (χ0v) is 13.7. The summed E-state index contributed by atoms with van der Waals surface area (Å²) in [4.78, 5) is 2.38. The molecule has 1 aliphatic heterocycles. The SMILES string of the molecule is CCC1CNC(C(C)(C)C)CN1c1ccc(F)c(OC)c1. The molecule has 0 radical (unpaired) electrons. The topological polar surface area (TPSA) is 24.5 Å². The van der Waals surface area contributed by atoms with Crippen molar-refractivity contribution in [3.63, 3.8) is 0 Å². The minimum absolute atomic E-state index is 0.196. The summed E-state index contributed by atoms with van der Waals surface area (Å²) in [6, 6.07) is 6.00. The molecule has 2 atom stereocenters. The summed E-state index contributed by atoms with van der Waals surface area (Å²) < 4.78 is 18.7. The number of halogens is 1. The number of hydrogen-bond donors (Lipinski definition) is 1. The molecule has 1 fully saturated rings. The summed E-state index contributed by atoms with van der Waals surface area (Å²) in [7, 11) is 1.51. The third kappa shape index (κ3) is 3.49. The molecule has 3 nitrogen and oxygen atoms in total. The second-order valence-electron chi connectivity index (χ2n) is 6.86. The maximum absolute atomic E-state index is 13.6. The number of nitrogens with zero attached hydrogens (tertiary/aromatic N) is 1. The fourth-order valence-corrected chi connectivity index (χ4v) is 2.89. The van der Waals surface area contributed by atoms with Crippen molar-refractivity contribution in [1.82, 2.24) is 5.32 Å². The average Bonchev–Trinajstić information content (AvgIpc) is 2.46. The van der Waals surface area contributed by atoms with Crippen molar-refractivity contribution in [3.8, 4) is 5.75 Å². The largest absolute Gasteiger partial charge is 0.494 e. The second kappa shape index (κ2) is 6.22. The highest BCUT2D eigenvalue weighted by Gasteiger charge is 2.33. The third-order valence-electron chi connectivity index (χ3n) is 4.40. The summed E-state index contributed by atoms with van der Waals surface area (Å²) in [5, 5.41) is 3.65. The Morgan fingerprint density at radius 1 is 1.38 bits per heavy atom. The third-order valence-corrected chi connectivity index (χ3v) is 4.40. The van der Waals surface area contributed by atoms with Crippen LogP contribution in [0.25, 0.3) is 0 Å². The van der Waals surface area contributed by atoms with Gasteiger partial charge in [0.05, 0.1) is 7.11 Å². The Balaban J connectivity index is 2.29. The lowest BCUT2D eigenvalue weighted by Crippen LogP contribution is -2.60. The smallest absolute Gasteiger partial charge is 0.165 e. The number of anilines is 1. The fourth-order valence-electron chi connectivity index (χ4n) is 2.89. The van der Waals surface area contributed by atoms with E-state index < -0.39 is 0 Å². The van der Waals surface area contributed by atoms with E-state index in [1.165, 1.54) is 13.2 Å². The van der Waals surface area contributed by atoms with E-state index in [1.54, 1.807) is 0 Å². The van der Waals surface area contributed by atoms with Crippen LogP contribution >= 0.6 is 0 Å². The van der Waals surface area contributed by atoms with Gasteiger partial charge < -0.3 is 15.0 Å². The summed E-state index contributed by atoms with van der Waals surface area (Å²) in [5.41, 5.74) is 1.23. The number of benzene rings is 1. The summed E-state index contributed by atoms with van der Waals surface area (Å²) in [6.45, 7) is 10.8. The molecular weight excluding hydrogens is 267 g/mol. The van der Waals surface area contributed by atoms with Crippen LogP contribution in [0.5, 0.6) is 5.75 Å². The zero-order valence-electron chi connectivity index (χ0n) is 13.7. The molecule has 2 rings (SSSR count). The first-order valence-corrected chi connectivity index (χ1v) is 7.70. The average molecular weight is 294 g/mol. The van der Waals surface area contributed by atoms with Gasteiger partial charge in [0, 0.05) is 36.9 Å². The monoisotopic (exact) mass is 294 g/mol. The van der Waals surface area contributed by atoms with Gasteiger partial charge in [-0.2, -0.15) is 0 Å². The molecule has 0 aromatic heterocycles. The van der Waals surface area contributed by atoms with Gasteiger partial charge >= 0.3 is 0 Å². The molecule has 1 saturated heterocycles. The molecule has 0 spiro atoms. The molecule has 0 saturated carbocycles. The van der Waals surface area contributed by atoms with Gasteiger partial charge in [0.1, 0.15) is 0 Å². The molecule has 0 bridgehead atoms. The van der Waals surface area contributed by atoms with E-state index in [0.717, 1.165) is 25.2 Å². The Bertz CT molecular complexity index is 484. The lowest BCUT2D eigenvalue weighted by atomic mass is 9.84. The number of methoxy groups -OCH3 is 1. The van der Waals surface area contributed by atoms with Crippen LogP contribution in [0.2, 0.25) is 0 Å². The Hall–Kier alpha value is -1.29. The van der Waals surface area contributed by atoms with Gasteiger partial charge in [-0.15, -0.1) is 0 Å². The van der Waals surface area contributed by atoms with E-state index in [9.17, 15) is 4.39 Å². The van der Waals surface area contributed by atoms with Gasteiger partial charge in [0.2, 0.25) is 0 Å². The lowest BCUT2D eigenvalue weighted by molar-refractivity contribution is 0.233. The van der Waals surface area contributed by atoms with Gasteiger partial charge in [0.25, 0.3) is 0 Å². The first kappa shape index (κ1) is 16.1. The quantitative estimate of drug-likeness (QED) is 0.924. The summed E-state index contributed by atoms with van der Waals surface area (Å²) >= 11 is 0. The number of piperazine rings is 1. The molecule has 0 amide bonds. The van der Waals surface area contributed by atoms with Gasteiger partial charge in [0.15, 0.2) is 11.6 Å². The predicted molar refractivity (Wildman–Crippen MR) is 85.6 cm³/mol. The van der Waals surface area contributed by atoms with E-state index >= 15 is 0 Å². The van der Waals surface area contributed by atoms with Crippen LogP contribution in [-0.2, 0) is 0 Å². The Labute approximate surface area is 127 Å². The number of nitrogens with one attached hydrogen (secondary N) is 1. The maximum atomic E-state index is 13.6. The van der Waals surface area contributed by atoms with Crippen molar-refractivity contribution in [2.24, 2.45) is 5.41 Å². The van der Waals surface area contributed by atoms with Crippen LogP contribution in [0.3, 0.4) is 0 Å². The highest BCUT2D eigenvalue weighted by Crippen LogP contribution is 2.31. The summed E-state index contributed by atoms with van der Waals surface area (Å²) in [5.74, 6) is 0.00463. The van der Waals surface area contributed by atoms with E-state index in [-0.39, 0.29) is 11.2 Å². The van der Waals surface area contributed by atoms with Crippen molar-refractivity contribution in [2.45, 2.75) is 46.2 Å². The van der Waals surface area contributed by atoms with Crippen molar-refractivity contribution >= 4 is 5.69 Å². The molecule has 0 aliphatic carbocycles. The second-order valence-corrected chi connectivity index (χ2v) is 6.86. The molecule has 1 heterocycles. The molecule has 1 aliphatic rings. The summed E-state index contributed by atoms with van der Waals surface area (Å²) in [6.07, 6.45) is 1.06. The predicted octanol–water partition coefficient (Wildman–Crippen LogP) is 3.44. The van der Waals surface area contributed by atoms with Crippen molar-refractivity contribution in [3.05, 3.63) is 24.0 Å². The molecular formula is C17H27FN2O. The van der Waals surface area contributed by atoms with Crippen LogP contribution < -0.4 is 15.0 Å². The molecule has 1 aromatic rings. The Kier molecular flexibility index (Phi) is 4.77. The first-order valence-electron chi connectivity index (χ1n) is 7.70. The van der Waals surface area contributed by atoms with E-state index in [1.807, 2.05) is 12.1 Å². The molecule has 1 aromatic carbocycles. The Morgan fingerprint density at radius 2 is 2.10 bits per heavy atom. The van der Waals surface area contributed by atoms with Crippen molar-refractivity contribution in [1.29, 1.82) is 0 Å². The van der Waals surface area contributed by atoms with Crippen LogP contribution in [0.15, 0.2) is 18.2 Å². The number of ether oxygens (including phenoxy) is 1. The molecule has 1 N–H and O–H groups in total.